The van der Waals surface area contributed by atoms with E-state index in [1.54, 1.807) is 11.4 Å². The molecule has 0 aromatic heterocycles. The Morgan fingerprint density at radius 3 is 2.43 bits per heavy atom. The van der Waals surface area contributed by atoms with Crippen molar-refractivity contribution in [3.63, 3.8) is 0 Å². The minimum atomic E-state index is -1.67. The summed E-state index contributed by atoms with van der Waals surface area (Å²) in [5.41, 5.74) is -1.67. The maximum Gasteiger partial charge on any atom is 0.123 e. The van der Waals surface area contributed by atoms with Gasteiger partial charge in [0.25, 0.3) is 0 Å². The summed E-state index contributed by atoms with van der Waals surface area (Å²) >= 11 is 7.26. The van der Waals surface area contributed by atoms with Crippen molar-refractivity contribution in [2.75, 3.05) is 12.8 Å². The van der Waals surface area contributed by atoms with E-state index in [1.807, 2.05) is 25.1 Å². The van der Waals surface area contributed by atoms with Crippen LogP contribution in [0.15, 0.2) is 35.2 Å². The smallest absolute Gasteiger partial charge is 0.123 e. The highest BCUT2D eigenvalue weighted by Gasteiger charge is 2.15. The van der Waals surface area contributed by atoms with Crippen LogP contribution in [0.2, 0.25) is 0 Å². The topological polar surface area (TPSA) is 9.23 Å². The van der Waals surface area contributed by atoms with Gasteiger partial charge >= 0.3 is 0 Å². The zero-order valence-electron chi connectivity index (χ0n) is 8.47. The Kier molecular flexibility index (Phi) is 5.18. The average molecular weight is 246 g/mol. The standard InChI is InChI=1S/C10H15OPS2/c1-3-11-12(13,4-2)14-10-8-6-5-7-9-10/h5-9H,3-4H2,1-2H3/t12-/m1/s1. The van der Waals surface area contributed by atoms with Crippen LogP contribution in [0.1, 0.15) is 13.8 Å². The lowest BCUT2D eigenvalue weighted by atomic mass is 10.4. The van der Waals surface area contributed by atoms with Crippen LogP contribution in [0, 0.1) is 0 Å². The fraction of sp³-hybridized carbons (Fsp3) is 0.400. The molecule has 0 fully saturated rings. The van der Waals surface area contributed by atoms with Crippen LogP contribution in [0.5, 0.6) is 0 Å². The lowest BCUT2D eigenvalue weighted by Gasteiger charge is -2.18. The van der Waals surface area contributed by atoms with Gasteiger partial charge in [-0.05, 0) is 19.1 Å². The van der Waals surface area contributed by atoms with Gasteiger partial charge in [0.15, 0.2) is 0 Å². The van der Waals surface area contributed by atoms with E-state index >= 15 is 0 Å². The van der Waals surface area contributed by atoms with Crippen molar-refractivity contribution in [2.45, 2.75) is 18.7 Å². The fourth-order valence-corrected chi connectivity index (χ4v) is 5.66. The monoisotopic (exact) mass is 246 g/mol. The molecule has 0 radical (unpaired) electrons. The Balaban J connectivity index is 2.71. The Morgan fingerprint density at radius 2 is 1.93 bits per heavy atom. The third-order valence-corrected chi connectivity index (χ3v) is 8.21. The van der Waals surface area contributed by atoms with E-state index in [1.165, 1.54) is 4.90 Å². The van der Waals surface area contributed by atoms with Crippen LogP contribution < -0.4 is 0 Å². The van der Waals surface area contributed by atoms with Crippen molar-refractivity contribution in [1.82, 2.24) is 0 Å². The number of rotatable bonds is 5. The van der Waals surface area contributed by atoms with Gasteiger partial charge in [0, 0.05) is 17.7 Å². The Morgan fingerprint density at radius 1 is 1.29 bits per heavy atom. The molecule has 0 amide bonds. The zero-order valence-corrected chi connectivity index (χ0v) is 11.0. The summed E-state index contributed by atoms with van der Waals surface area (Å²) in [5, 5.41) is 0. The van der Waals surface area contributed by atoms with Crippen LogP contribution >= 0.6 is 16.8 Å². The highest BCUT2D eigenvalue weighted by Crippen LogP contribution is 2.62. The molecular formula is C10H15OPS2. The van der Waals surface area contributed by atoms with E-state index in [2.05, 4.69) is 19.1 Å². The molecule has 0 spiro atoms. The van der Waals surface area contributed by atoms with Gasteiger partial charge in [-0.2, -0.15) is 0 Å². The maximum atomic E-state index is 5.67. The molecule has 4 heteroatoms. The number of hydrogen-bond acceptors (Lipinski definition) is 3. The molecule has 78 valence electrons. The lowest BCUT2D eigenvalue weighted by molar-refractivity contribution is 0.385. The molecule has 1 rings (SSSR count). The summed E-state index contributed by atoms with van der Waals surface area (Å²) in [7, 11) is 0. The molecule has 0 heterocycles. The molecule has 0 aliphatic heterocycles. The first-order chi connectivity index (χ1) is 6.70. The third-order valence-electron chi connectivity index (χ3n) is 1.70. The lowest BCUT2D eigenvalue weighted by Crippen LogP contribution is -1.88. The van der Waals surface area contributed by atoms with Gasteiger partial charge < -0.3 is 4.52 Å². The molecule has 1 aromatic rings. The molecule has 0 unspecified atom stereocenters. The first kappa shape index (κ1) is 12.3. The normalized spacial score (nSPS) is 15.0. The molecule has 0 saturated carbocycles. The highest BCUT2D eigenvalue weighted by atomic mass is 32.9. The Hall–Kier alpha value is 0.180. The molecule has 0 saturated heterocycles. The number of hydrogen-bond donors (Lipinski definition) is 0. The molecule has 0 N–H and O–H groups in total. The van der Waals surface area contributed by atoms with Gasteiger partial charge in [0.1, 0.15) is 5.47 Å². The summed E-state index contributed by atoms with van der Waals surface area (Å²) in [5.74, 6) is 0. The van der Waals surface area contributed by atoms with Gasteiger partial charge in [-0.3, -0.25) is 0 Å². The van der Waals surface area contributed by atoms with Gasteiger partial charge in [-0.1, -0.05) is 48.3 Å². The van der Waals surface area contributed by atoms with Crippen LogP contribution in [0.4, 0.5) is 0 Å². The maximum absolute atomic E-state index is 5.67. The molecule has 1 nitrogen and oxygen atoms in total. The van der Waals surface area contributed by atoms with Gasteiger partial charge in [-0.25, -0.2) is 0 Å². The predicted octanol–water partition coefficient (Wildman–Crippen LogP) is 4.14. The SMILES string of the molecule is CCO[P@@](=S)(CC)Sc1ccccc1. The van der Waals surface area contributed by atoms with E-state index in [0.29, 0.717) is 6.61 Å². The minimum absolute atomic E-state index is 0.713. The third kappa shape index (κ3) is 3.74. The molecule has 1 aromatic carbocycles. The van der Waals surface area contributed by atoms with Gasteiger partial charge in [0.2, 0.25) is 0 Å². The Labute approximate surface area is 95.1 Å². The molecular weight excluding hydrogens is 231 g/mol. The summed E-state index contributed by atoms with van der Waals surface area (Å²) in [6.45, 7) is 4.82. The van der Waals surface area contributed by atoms with Crippen LogP contribution in [-0.4, -0.2) is 12.8 Å². The van der Waals surface area contributed by atoms with E-state index in [-0.39, 0.29) is 0 Å². The van der Waals surface area contributed by atoms with E-state index in [9.17, 15) is 0 Å². The highest BCUT2D eigenvalue weighted by molar-refractivity contribution is 8.69. The zero-order chi connectivity index (χ0) is 10.4. The second-order valence-corrected chi connectivity index (χ2v) is 10.3. The quantitative estimate of drug-likeness (QED) is 0.722. The fourth-order valence-electron chi connectivity index (χ4n) is 1.02. The van der Waals surface area contributed by atoms with E-state index in [4.69, 9.17) is 16.3 Å². The second kappa shape index (κ2) is 5.92. The van der Waals surface area contributed by atoms with Gasteiger partial charge in [-0.15, -0.1) is 0 Å². The molecule has 0 bridgehead atoms. The van der Waals surface area contributed by atoms with Crippen molar-refractivity contribution in [3.8, 4) is 0 Å². The van der Waals surface area contributed by atoms with Crippen LogP contribution in [0.25, 0.3) is 0 Å². The van der Waals surface area contributed by atoms with Crippen molar-refractivity contribution < 1.29 is 4.52 Å². The first-order valence-corrected chi connectivity index (χ1v) is 9.01. The van der Waals surface area contributed by atoms with Gasteiger partial charge in [0.05, 0.1) is 0 Å². The largest absolute Gasteiger partial charge is 0.341 e. The summed E-state index contributed by atoms with van der Waals surface area (Å²) in [4.78, 5) is 1.21. The second-order valence-electron chi connectivity index (χ2n) is 2.75. The van der Waals surface area contributed by atoms with Crippen molar-refractivity contribution >= 4 is 28.7 Å². The predicted molar refractivity (Wildman–Crippen MR) is 68.8 cm³/mol. The molecule has 0 aliphatic carbocycles. The average Bonchev–Trinajstić information content (AvgIpc) is 2.20. The summed E-state index contributed by atoms with van der Waals surface area (Å²) in [6, 6.07) is 10.2. The molecule has 0 aliphatic rings. The van der Waals surface area contributed by atoms with Crippen molar-refractivity contribution in [2.24, 2.45) is 0 Å². The van der Waals surface area contributed by atoms with E-state index in [0.717, 1.165) is 6.16 Å². The molecule has 1 atom stereocenters. The van der Waals surface area contributed by atoms with Crippen molar-refractivity contribution in [3.05, 3.63) is 30.3 Å². The number of benzene rings is 1. The van der Waals surface area contributed by atoms with Crippen molar-refractivity contribution in [1.29, 1.82) is 0 Å². The van der Waals surface area contributed by atoms with E-state index < -0.39 is 5.47 Å². The minimum Gasteiger partial charge on any atom is -0.341 e. The summed E-state index contributed by atoms with van der Waals surface area (Å²) in [6.07, 6.45) is 0.940. The summed E-state index contributed by atoms with van der Waals surface area (Å²) < 4.78 is 5.67. The van der Waals surface area contributed by atoms with Crippen LogP contribution in [-0.2, 0) is 16.3 Å². The molecule has 14 heavy (non-hydrogen) atoms. The van der Waals surface area contributed by atoms with Crippen LogP contribution in [0.3, 0.4) is 0 Å². The first-order valence-electron chi connectivity index (χ1n) is 4.68. The Bertz CT molecular complexity index is 313.